The van der Waals surface area contributed by atoms with Crippen molar-refractivity contribution in [3.05, 3.63) is 190 Å². The van der Waals surface area contributed by atoms with Crippen molar-refractivity contribution < 1.29 is 86.1 Å². The molecule has 18 nitrogen and oxygen atoms in total. The molecule has 0 radical (unpaired) electrons. The Labute approximate surface area is 514 Å². The first kappa shape index (κ1) is 64.9. The molecule has 6 aromatic rings. The molecule has 8 atom stereocenters. The normalized spacial score (nSPS) is 20.9. The van der Waals surface area contributed by atoms with Gasteiger partial charge in [0.25, 0.3) is 0 Å². The van der Waals surface area contributed by atoms with Gasteiger partial charge < -0.3 is 47.4 Å². The van der Waals surface area contributed by atoms with Gasteiger partial charge in [-0.2, -0.15) is 0 Å². The van der Waals surface area contributed by atoms with Gasteiger partial charge in [-0.3, -0.25) is 0 Å². The topological polar surface area (TPSA) is 197 Å². The number of hydrogen-bond donors (Lipinski definition) is 0. The number of hydrogen-bond acceptors (Lipinski definition) is 18. The highest BCUT2D eigenvalue weighted by Gasteiger charge is 2.52. The Morgan fingerprint density at radius 2 is 0.795 bits per heavy atom. The van der Waals surface area contributed by atoms with Crippen LogP contribution in [-0.4, -0.2) is 113 Å². The van der Waals surface area contributed by atoms with Gasteiger partial charge in [-0.15, -0.1) is 0 Å². The maximum absolute atomic E-state index is 12.9. The number of rotatable bonds is 27. The van der Waals surface area contributed by atoms with Crippen LogP contribution in [0.2, 0.25) is 0 Å². The second-order valence-corrected chi connectivity index (χ2v) is 23.1. The van der Waals surface area contributed by atoms with Crippen molar-refractivity contribution in [2.24, 2.45) is 0 Å². The van der Waals surface area contributed by atoms with Gasteiger partial charge in [-0.1, -0.05) is 115 Å². The fourth-order valence-corrected chi connectivity index (χ4v) is 10.3. The molecule has 0 N–H and O–H groups in total. The summed E-state index contributed by atoms with van der Waals surface area (Å²) in [6, 6.07) is 42.5. The van der Waals surface area contributed by atoms with E-state index in [1.807, 2.05) is 48.5 Å². The van der Waals surface area contributed by atoms with Gasteiger partial charge >= 0.3 is 23.9 Å². The minimum atomic E-state index is -0.594. The zero-order valence-corrected chi connectivity index (χ0v) is 50.9. The van der Waals surface area contributed by atoms with Crippen LogP contribution in [0.1, 0.15) is 143 Å². The Kier molecular flexibility index (Phi) is 23.7. The van der Waals surface area contributed by atoms with E-state index >= 15 is 0 Å². The van der Waals surface area contributed by atoms with Crippen molar-refractivity contribution in [3.8, 4) is 23.0 Å². The zero-order chi connectivity index (χ0) is 61.8. The minimum absolute atomic E-state index is 0.0883. The average Bonchev–Trinajstić information content (AvgIpc) is 3.46. The van der Waals surface area contributed by atoms with E-state index in [-0.39, 0.29) is 38.4 Å². The third-order valence-corrected chi connectivity index (χ3v) is 15.5. The van der Waals surface area contributed by atoms with E-state index in [0.29, 0.717) is 46.1 Å². The number of benzene rings is 6. The molecule has 18 heteroatoms. The van der Waals surface area contributed by atoms with Crippen LogP contribution in [0.5, 0.6) is 23.0 Å². The lowest BCUT2D eigenvalue weighted by molar-refractivity contribution is -0.341. The zero-order valence-electron chi connectivity index (χ0n) is 50.9. The van der Waals surface area contributed by atoms with Gasteiger partial charge in [0.2, 0.25) is 0 Å². The van der Waals surface area contributed by atoms with Crippen molar-refractivity contribution >= 4 is 23.9 Å². The van der Waals surface area contributed by atoms with Crippen molar-refractivity contribution in [2.75, 3.05) is 40.1 Å². The second-order valence-electron chi connectivity index (χ2n) is 23.1. The lowest BCUT2D eigenvalue weighted by atomic mass is 9.87. The highest BCUT2D eigenvalue weighted by molar-refractivity contribution is 5.93. The van der Waals surface area contributed by atoms with Crippen molar-refractivity contribution in [1.29, 1.82) is 0 Å². The predicted molar refractivity (Wildman–Crippen MR) is 323 cm³/mol. The Hall–Kier alpha value is -7.52. The number of unbranched alkanes of at least 4 members (excludes halogenated alkanes) is 5. The van der Waals surface area contributed by atoms with Crippen LogP contribution in [0.3, 0.4) is 0 Å². The number of esters is 4. The molecule has 88 heavy (non-hydrogen) atoms. The SMILES string of the molecule is CCCCCCOc1ccc(COO[C@H]2CO[C@H]3[C@@H]2OC[C@H]3OC(=O)c2ccc(OC(=O)c3ccc(OC)cc3)cc2)cc1.CCCCCc1ccc(C(=O)Oc2ccc(C(=O)O[C@@H]3CO[C@H]4[C@@H]3OC[C@@H]4OOCc3ccc(C(C)(C)C)cc3)cc2)cc1. The van der Waals surface area contributed by atoms with Gasteiger partial charge in [0.1, 0.15) is 72.8 Å². The molecule has 6 aromatic carbocycles. The molecule has 4 fully saturated rings. The smallest absolute Gasteiger partial charge is 0.343 e. The van der Waals surface area contributed by atoms with E-state index in [1.54, 1.807) is 67.8 Å². The van der Waals surface area contributed by atoms with E-state index in [1.165, 1.54) is 67.5 Å². The molecule has 0 unspecified atom stereocenters. The molecule has 0 aromatic heterocycles. The average molecular weight is 1210 g/mol. The Morgan fingerprint density at radius 1 is 0.420 bits per heavy atom. The number of methoxy groups -OCH3 is 1. The standard InChI is InChI=1S/C36H42O8.C34H38O10/c1-5-6-7-8-24-9-13-26(14-10-24)34(37)42-29-19-15-27(16-20-29)35(38)43-30-22-39-33-31(23-40-32(30)33)44-41-21-25-11-17-28(18-12-25)36(2,3)4;1-3-4-5-6-19-38-27-13-7-23(8-14-27)20-41-44-30-22-40-31-29(21-39-32(30)31)43-34(36)25-11-17-28(18-12-25)42-33(35)24-9-15-26(37-2)16-10-24/h9-20,30-33H,5-8,21-23H2,1-4H3;7-18,29-32H,3-6,19-22H2,1-2H3/t30-,31+,32-,33-;29-,30+,31-,32-/m11/s1. The van der Waals surface area contributed by atoms with Crippen LogP contribution < -0.4 is 18.9 Å². The third-order valence-electron chi connectivity index (χ3n) is 15.5. The van der Waals surface area contributed by atoms with E-state index in [2.05, 4.69) is 46.8 Å². The van der Waals surface area contributed by atoms with Gasteiger partial charge in [0, 0.05) is 0 Å². The quantitative estimate of drug-likeness (QED) is 0.0155. The number of carbonyl (C=O) groups excluding carboxylic acids is 4. The molecule has 4 aliphatic rings. The van der Waals surface area contributed by atoms with Crippen LogP contribution in [0.4, 0.5) is 0 Å². The van der Waals surface area contributed by atoms with Crippen molar-refractivity contribution in [3.63, 3.8) is 0 Å². The molecule has 0 amide bonds. The fourth-order valence-electron chi connectivity index (χ4n) is 10.3. The monoisotopic (exact) mass is 1210 g/mol. The first-order chi connectivity index (χ1) is 42.7. The van der Waals surface area contributed by atoms with Gasteiger partial charge in [-0.25, -0.2) is 38.7 Å². The van der Waals surface area contributed by atoms with Crippen molar-refractivity contribution in [1.82, 2.24) is 0 Å². The molecule has 4 aliphatic heterocycles. The molecule has 0 spiro atoms. The summed E-state index contributed by atoms with van der Waals surface area (Å²) in [7, 11) is 1.55. The summed E-state index contributed by atoms with van der Waals surface area (Å²) in [5.74, 6) is 0.0872. The Bertz CT molecular complexity index is 3140. The van der Waals surface area contributed by atoms with E-state index in [0.717, 1.165) is 42.7 Å². The molecular weight excluding hydrogens is 1130 g/mol. The third kappa shape index (κ3) is 18.3. The van der Waals surface area contributed by atoms with Crippen LogP contribution in [-0.2, 0) is 73.0 Å². The number of ether oxygens (including phenoxy) is 10. The summed E-state index contributed by atoms with van der Waals surface area (Å²) in [6.45, 7) is 13.1. The molecule has 0 saturated carbocycles. The summed E-state index contributed by atoms with van der Waals surface area (Å²) in [5.41, 5.74) is 5.97. The van der Waals surface area contributed by atoms with Crippen molar-refractivity contribution in [2.45, 2.75) is 153 Å². The summed E-state index contributed by atoms with van der Waals surface area (Å²) in [6.07, 6.45) is 5.38. The predicted octanol–water partition coefficient (Wildman–Crippen LogP) is 12.5. The number of carbonyl (C=O) groups is 4. The minimum Gasteiger partial charge on any atom is -0.497 e. The number of fused-ring (bicyclic) bond motifs is 2. The summed E-state index contributed by atoms with van der Waals surface area (Å²) >= 11 is 0. The molecule has 4 saturated heterocycles. The molecule has 10 rings (SSSR count). The lowest BCUT2D eigenvalue weighted by Crippen LogP contribution is -2.35. The number of aryl methyl sites for hydroxylation is 1. The van der Waals surface area contributed by atoms with E-state index < -0.39 is 72.7 Å². The summed E-state index contributed by atoms with van der Waals surface area (Å²) in [5, 5.41) is 0. The molecule has 0 bridgehead atoms. The highest BCUT2D eigenvalue weighted by Crippen LogP contribution is 2.34. The summed E-state index contributed by atoms with van der Waals surface area (Å²) in [4.78, 5) is 72.9. The molecular formula is C70H80O18. The lowest BCUT2D eigenvalue weighted by Gasteiger charge is -2.19. The molecule has 0 aliphatic carbocycles. The van der Waals surface area contributed by atoms with E-state index in [9.17, 15) is 19.2 Å². The van der Waals surface area contributed by atoms with E-state index in [4.69, 9.17) is 66.9 Å². The van der Waals surface area contributed by atoms with Gasteiger partial charge in [0.15, 0.2) is 12.2 Å². The first-order valence-corrected chi connectivity index (χ1v) is 30.4. The Balaban J connectivity index is 0.000000209. The van der Waals surface area contributed by atoms with Crippen LogP contribution in [0.15, 0.2) is 146 Å². The van der Waals surface area contributed by atoms with Crippen LogP contribution in [0, 0.1) is 0 Å². The molecule has 468 valence electrons. The van der Waals surface area contributed by atoms with Gasteiger partial charge in [0.05, 0.1) is 62.4 Å². The van der Waals surface area contributed by atoms with Crippen LogP contribution in [0.25, 0.3) is 0 Å². The largest absolute Gasteiger partial charge is 0.497 e. The summed E-state index contributed by atoms with van der Waals surface area (Å²) < 4.78 is 56.6. The highest BCUT2D eigenvalue weighted by atomic mass is 17.2. The Morgan fingerprint density at radius 3 is 1.24 bits per heavy atom. The van der Waals surface area contributed by atoms with Crippen LogP contribution >= 0.6 is 0 Å². The maximum atomic E-state index is 12.9. The van der Waals surface area contributed by atoms with Gasteiger partial charge in [-0.05, 0) is 144 Å². The maximum Gasteiger partial charge on any atom is 0.343 e. The second kappa shape index (κ2) is 32.1. The fraction of sp³-hybridized carbons (Fsp3) is 0.429. The first-order valence-electron chi connectivity index (χ1n) is 30.4. The molecule has 4 heterocycles.